The third kappa shape index (κ3) is 4.69. The standard InChI is InChI=1S/C24H20N4/c1-17-12-21(8-10-26-3)13-18(2)23(17)15-22-9-11-27-24(28-22)14-19-4-6-20(16-25)7-5-19/h4-13H,14-15H2,1-2H3/b10-8+/i1D3,2D3,12D,13D. The summed E-state index contributed by atoms with van der Waals surface area (Å²) in [5, 5.41) is 8.95. The fraction of sp³-hybridized carbons (Fsp3) is 0.167. The van der Waals surface area contributed by atoms with E-state index in [1.807, 2.05) is 6.07 Å². The molecule has 2 aromatic carbocycles. The Labute approximate surface area is 176 Å². The van der Waals surface area contributed by atoms with Crippen molar-refractivity contribution in [3.8, 4) is 6.07 Å². The Balaban J connectivity index is 2.16. The van der Waals surface area contributed by atoms with Crippen LogP contribution in [0.3, 0.4) is 0 Å². The van der Waals surface area contributed by atoms with Crippen molar-refractivity contribution in [3.63, 3.8) is 0 Å². The van der Waals surface area contributed by atoms with Crippen LogP contribution in [0.5, 0.6) is 0 Å². The molecular weight excluding hydrogens is 344 g/mol. The monoisotopic (exact) mass is 372 g/mol. The quantitative estimate of drug-likeness (QED) is 0.590. The van der Waals surface area contributed by atoms with E-state index in [0.29, 0.717) is 23.5 Å². The first-order valence-electron chi connectivity index (χ1n) is 12.4. The van der Waals surface area contributed by atoms with Crippen molar-refractivity contribution in [2.24, 2.45) is 0 Å². The number of aromatic nitrogens is 2. The smallest absolute Gasteiger partial charge is 0.154 e. The van der Waals surface area contributed by atoms with Gasteiger partial charge in [0.2, 0.25) is 0 Å². The van der Waals surface area contributed by atoms with Crippen LogP contribution in [0.2, 0.25) is 0 Å². The van der Waals surface area contributed by atoms with Gasteiger partial charge in [0.15, 0.2) is 6.20 Å². The molecule has 4 heteroatoms. The third-order valence-electron chi connectivity index (χ3n) is 4.00. The summed E-state index contributed by atoms with van der Waals surface area (Å²) < 4.78 is 65.1. The molecule has 1 aromatic heterocycles. The molecule has 0 radical (unpaired) electrons. The number of nitrogens with zero attached hydrogens (tertiary/aromatic N) is 4. The van der Waals surface area contributed by atoms with Crippen molar-refractivity contribution in [3.05, 3.63) is 111 Å². The van der Waals surface area contributed by atoms with E-state index in [1.165, 1.54) is 12.3 Å². The first-order chi connectivity index (χ1) is 16.9. The minimum atomic E-state index is -2.85. The third-order valence-corrected chi connectivity index (χ3v) is 4.00. The van der Waals surface area contributed by atoms with Crippen LogP contribution in [0, 0.1) is 31.6 Å². The Bertz CT molecular complexity index is 1350. The molecule has 0 amide bonds. The van der Waals surface area contributed by atoms with Gasteiger partial charge in [0.05, 0.1) is 20.9 Å². The predicted octanol–water partition coefficient (Wildman–Crippen LogP) is 5.04. The zero-order valence-corrected chi connectivity index (χ0v) is 14.8. The van der Waals surface area contributed by atoms with E-state index in [1.54, 1.807) is 24.3 Å². The van der Waals surface area contributed by atoms with Crippen LogP contribution in [0.15, 0.2) is 54.8 Å². The molecule has 0 N–H and O–H groups in total. The molecular formula is C24H20N4. The molecule has 0 spiro atoms. The molecule has 3 rings (SSSR count). The zero-order chi connectivity index (χ0) is 26.7. The highest BCUT2D eigenvalue weighted by Crippen LogP contribution is 2.21. The lowest BCUT2D eigenvalue weighted by atomic mass is 9.95. The number of nitriles is 1. The fourth-order valence-corrected chi connectivity index (χ4v) is 2.63. The van der Waals surface area contributed by atoms with Crippen molar-refractivity contribution < 1.29 is 11.0 Å². The highest BCUT2D eigenvalue weighted by atomic mass is 14.9. The molecule has 3 aromatic rings. The molecule has 0 fully saturated rings. The molecule has 0 aliphatic rings. The van der Waals surface area contributed by atoms with E-state index in [0.717, 1.165) is 17.8 Å². The number of benzene rings is 2. The van der Waals surface area contributed by atoms with Crippen LogP contribution in [0.25, 0.3) is 10.9 Å². The van der Waals surface area contributed by atoms with E-state index in [-0.39, 0.29) is 17.5 Å². The van der Waals surface area contributed by atoms with E-state index < -0.39 is 36.9 Å². The highest BCUT2D eigenvalue weighted by Gasteiger charge is 2.08. The summed E-state index contributed by atoms with van der Waals surface area (Å²) in [4.78, 5) is 11.7. The second-order valence-electron chi connectivity index (χ2n) is 5.96. The predicted molar refractivity (Wildman–Crippen MR) is 110 cm³/mol. The van der Waals surface area contributed by atoms with E-state index >= 15 is 0 Å². The lowest BCUT2D eigenvalue weighted by Crippen LogP contribution is -2.03. The SMILES string of the molecule is [2H]c1c(/C=C/[N+]#[C-])c([2H])c(C([2H])([2H])[2H])c(Cc2ccnc(Cc3ccc(C#N)cc3)n2)c1C([2H])([2H])[2H]. The summed E-state index contributed by atoms with van der Waals surface area (Å²) in [5.41, 5.74) is 0.297. The molecule has 4 nitrogen and oxygen atoms in total. The van der Waals surface area contributed by atoms with Gasteiger partial charge in [-0.15, -0.1) is 0 Å². The van der Waals surface area contributed by atoms with Gasteiger partial charge >= 0.3 is 0 Å². The molecule has 0 unspecified atom stereocenters. The van der Waals surface area contributed by atoms with Crippen LogP contribution < -0.4 is 0 Å². The average molecular weight is 373 g/mol. The maximum absolute atomic E-state index is 8.95. The van der Waals surface area contributed by atoms with Crippen LogP contribution in [-0.4, -0.2) is 9.97 Å². The summed E-state index contributed by atoms with van der Waals surface area (Å²) in [6, 6.07) is 9.39. The van der Waals surface area contributed by atoms with Crippen LogP contribution in [0.4, 0.5) is 0 Å². The zero-order valence-electron chi connectivity index (χ0n) is 22.8. The van der Waals surface area contributed by atoms with Crippen molar-refractivity contribution in [1.29, 1.82) is 5.26 Å². The van der Waals surface area contributed by atoms with Crippen molar-refractivity contribution in [2.75, 3.05) is 0 Å². The molecule has 0 saturated heterocycles. The van der Waals surface area contributed by atoms with Gasteiger partial charge in [-0.25, -0.2) is 14.8 Å². The first kappa shape index (κ1) is 11.2. The van der Waals surface area contributed by atoms with Gasteiger partial charge in [-0.3, -0.25) is 0 Å². The summed E-state index contributed by atoms with van der Waals surface area (Å²) in [5.74, 6) is 0.400. The lowest BCUT2D eigenvalue weighted by Gasteiger charge is -2.12. The molecule has 136 valence electrons. The molecule has 28 heavy (non-hydrogen) atoms. The van der Waals surface area contributed by atoms with Gasteiger partial charge in [-0.2, -0.15) is 5.26 Å². The summed E-state index contributed by atoms with van der Waals surface area (Å²) >= 11 is 0. The molecule has 0 bridgehead atoms. The Morgan fingerprint density at radius 1 is 1.18 bits per heavy atom. The normalized spacial score (nSPS) is 15.6. The van der Waals surface area contributed by atoms with Crippen molar-refractivity contribution in [1.82, 2.24) is 9.97 Å². The maximum Gasteiger partial charge on any atom is 0.154 e. The minimum absolute atomic E-state index is 0.173. The highest BCUT2D eigenvalue weighted by molar-refractivity contribution is 5.55. The van der Waals surface area contributed by atoms with E-state index in [9.17, 15) is 0 Å². The maximum atomic E-state index is 8.95. The summed E-state index contributed by atoms with van der Waals surface area (Å²) in [6.07, 6.45) is 3.60. The summed E-state index contributed by atoms with van der Waals surface area (Å²) in [7, 11) is 0. The van der Waals surface area contributed by atoms with Gasteiger partial charge in [0.1, 0.15) is 5.82 Å². The molecule has 0 atom stereocenters. The second-order valence-corrected chi connectivity index (χ2v) is 5.96. The molecule has 0 aliphatic carbocycles. The Hall–Kier alpha value is -3.76. The van der Waals surface area contributed by atoms with E-state index in [2.05, 4.69) is 14.8 Å². The molecule has 1 heterocycles. The summed E-state index contributed by atoms with van der Waals surface area (Å²) in [6.45, 7) is 1.23. The van der Waals surface area contributed by atoms with Crippen molar-refractivity contribution in [2.45, 2.75) is 26.5 Å². The largest absolute Gasteiger partial charge is 0.246 e. The molecule has 0 aliphatic heterocycles. The van der Waals surface area contributed by atoms with Gasteiger partial charge in [0, 0.05) is 33.0 Å². The minimum Gasteiger partial charge on any atom is -0.246 e. The van der Waals surface area contributed by atoms with Gasteiger partial charge in [0.25, 0.3) is 0 Å². The molecule has 0 saturated carbocycles. The first-order valence-corrected chi connectivity index (χ1v) is 8.36. The van der Waals surface area contributed by atoms with Crippen LogP contribution >= 0.6 is 0 Å². The second kappa shape index (κ2) is 8.75. The topological polar surface area (TPSA) is 53.9 Å². The average Bonchev–Trinajstić information content (AvgIpc) is 2.78. The van der Waals surface area contributed by atoms with Gasteiger partial charge < -0.3 is 0 Å². The number of hydrogen-bond acceptors (Lipinski definition) is 3. The van der Waals surface area contributed by atoms with Crippen LogP contribution in [0.1, 0.15) is 55.9 Å². The lowest BCUT2D eigenvalue weighted by molar-refractivity contribution is 0.912. The van der Waals surface area contributed by atoms with Gasteiger partial charge in [-0.05, 0) is 59.7 Å². The Morgan fingerprint density at radius 2 is 1.93 bits per heavy atom. The van der Waals surface area contributed by atoms with E-state index in [4.69, 9.17) is 22.8 Å². The van der Waals surface area contributed by atoms with Crippen molar-refractivity contribution >= 4 is 6.08 Å². The number of rotatable bonds is 5. The number of hydrogen-bond donors (Lipinski definition) is 0. The van der Waals surface area contributed by atoms with Gasteiger partial charge in [-0.1, -0.05) is 30.3 Å². The van der Waals surface area contributed by atoms with Crippen LogP contribution in [-0.2, 0) is 12.8 Å². The fourth-order valence-electron chi connectivity index (χ4n) is 2.63. The Morgan fingerprint density at radius 3 is 2.57 bits per heavy atom. The Kier molecular flexibility index (Phi) is 3.49.